The Morgan fingerprint density at radius 2 is 1.96 bits per heavy atom. The number of unbranched alkanes of at least 4 members (excludes halogenated alkanes) is 1. The monoisotopic (exact) mass is 444 g/mol. The molecule has 0 aliphatic heterocycles. The number of ether oxygens (including phenoxy) is 1. The number of hydrogen-bond donors (Lipinski definition) is 2. The third kappa shape index (κ3) is 7.34. The fourth-order valence-electron chi connectivity index (χ4n) is 2.71. The number of benzene rings is 2. The maximum Gasteiger partial charge on any atom is 0.238 e. The van der Waals surface area contributed by atoms with Gasteiger partial charge in [0.05, 0.1) is 17.5 Å². The summed E-state index contributed by atoms with van der Waals surface area (Å²) in [6.07, 6.45) is 2.32. The van der Waals surface area contributed by atoms with E-state index in [-0.39, 0.29) is 38.6 Å². The van der Waals surface area contributed by atoms with E-state index in [4.69, 9.17) is 4.74 Å². The first-order valence-corrected chi connectivity index (χ1v) is 8.88. The molecule has 143 valence electrons. The van der Waals surface area contributed by atoms with Crippen molar-refractivity contribution in [2.75, 3.05) is 5.01 Å². The van der Waals surface area contributed by atoms with Crippen LogP contribution in [0.25, 0.3) is 0 Å². The van der Waals surface area contributed by atoms with Crippen LogP contribution in [0, 0.1) is 7.11 Å². The average molecular weight is 444 g/mol. The van der Waals surface area contributed by atoms with E-state index in [1.165, 1.54) is 11.9 Å². The van der Waals surface area contributed by atoms with Crippen LogP contribution >= 0.6 is 0 Å². The molecule has 1 amide bonds. The Morgan fingerprint density at radius 3 is 2.56 bits per heavy atom. The van der Waals surface area contributed by atoms with Crippen LogP contribution in [-0.2, 0) is 44.0 Å². The molecule has 0 heterocycles. The maximum atomic E-state index is 12.0. The molecule has 1 unspecified atom stereocenters. The number of carbonyl (C=O) groups excluding carboxylic acids is 1. The Kier molecular flexibility index (Phi) is 10.8. The Morgan fingerprint density at radius 1 is 1.26 bits per heavy atom. The molecule has 0 saturated heterocycles. The van der Waals surface area contributed by atoms with Crippen LogP contribution in [0.2, 0.25) is 0 Å². The number of carbonyl (C=O) groups is 1. The molecule has 0 aliphatic rings. The topological polar surface area (TPSA) is 61.8 Å². The van der Waals surface area contributed by atoms with Crippen LogP contribution in [0.5, 0.6) is 5.75 Å². The normalized spacial score (nSPS) is 11.4. The largest absolute Gasteiger partial charge is 0.665 e. The van der Waals surface area contributed by atoms with Crippen LogP contribution in [0.4, 0.5) is 5.69 Å². The summed E-state index contributed by atoms with van der Waals surface area (Å²) >= 11 is 0. The molecule has 27 heavy (non-hydrogen) atoms. The van der Waals surface area contributed by atoms with Gasteiger partial charge in [-0.2, -0.15) is 7.11 Å². The summed E-state index contributed by atoms with van der Waals surface area (Å²) in [4.78, 5) is 12.0. The first-order chi connectivity index (χ1) is 12.5. The Balaban J connectivity index is 0.00000364. The van der Waals surface area contributed by atoms with Crippen LogP contribution in [0.3, 0.4) is 0 Å². The molecule has 0 bridgehead atoms. The molecular weight excluding hydrogens is 417 g/mol. The van der Waals surface area contributed by atoms with Gasteiger partial charge >= 0.3 is 0 Å². The van der Waals surface area contributed by atoms with Crippen molar-refractivity contribution < 1.29 is 47.3 Å². The van der Waals surface area contributed by atoms with Gasteiger partial charge in [0.2, 0.25) is 5.91 Å². The fourth-order valence-corrected chi connectivity index (χ4v) is 2.71. The minimum absolute atomic E-state index is 0. The molecule has 0 spiro atoms. The van der Waals surface area contributed by atoms with Gasteiger partial charge in [-0.05, 0) is 41.8 Å². The standard InChI is InChI=1S/C21H27N2O3.Y/c1-4-5-9-21(25)18-10-12-19(13-11-18)23(16(2)24)22-15-17-7-6-8-20(14-17)26-3;/h6-8,10-14,21-22,25H,3-5,9,15H2,1-2H3;/q-1;. The van der Waals surface area contributed by atoms with Gasteiger partial charge in [-0.25, -0.2) is 10.4 Å². The van der Waals surface area contributed by atoms with Crippen LogP contribution in [0.15, 0.2) is 48.5 Å². The molecule has 0 aliphatic carbocycles. The Bertz CT molecular complexity index is 707. The molecule has 0 aromatic heterocycles. The summed E-state index contributed by atoms with van der Waals surface area (Å²) in [6, 6.07) is 14.9. The van der Waals surface area contributed by atoms with Crippen molar-refractivity contribution in [2.24, 2.45) is 0 Å². The molecule has 5 nitrogen and oxygen atoms in total. The average Bonchev–Trinajstić information content (AvgIpc) is 2.66. The van der Waals surface area contributed by atoms with Crippen molar-refractivity contribution in [3.8, 4) is 5.75 Å². The number of anilines is 1. The predicted molar refractivity (Wildman–Crippen MR) is 103 cm³/mol. The van der Waals surface area contributed by atoms with Crippen molar-refractivity contribution >= 4 is 11.6 Å². The Hall–Kier alpha value is -1.27. The molecule has 0 saturated carbocycles. The van der Waals surface area contributed by atoms with E-state index in [0.717, 1.165) is 36.1 Å². The van der Waals surface area contributed by atoms with Crippen LogP contribution in [-0.4, -0.2) is 11.0 Å². The summed E-state index contributed by atoms with van der Waals surface area (Å²) in [5.74, 6) is 0.554. The predicted octanol–water partition coefficient (Wildman–Crippen LogP) is 4.14. The molecule has 2 rings (SSSR count). The zero-order valence-electron chi connectivity index (χ0n) is 16.0. The van der Waals surface area contributed by atoms with Crippen LogP contribution < -0.4 is 15.2 Å². The van der Waals surface area contributed by atoms with Crippen molar-refractivity contribution in [1.29, 1.82) is 0 Å². The third-order valence-corrected chi connectivity index (χ3v) is 4.19. The van der Waals surface area contributed by atoms with Gasteiger partial charge < -0.3 is 9.84 Å². The van der Waals surface area contributed by atoms with Gasteiger partial charge in [0, 0.05) is 46.2 Å². The van der Waals surface area contributed by atoms with Gasteiger partial charge in [0.1, 0.15) is 0 Å². The van der Waals surface area contributed by atoms with Gasteiger partial charge in [0.25, 0.3) is 0 Å². The van der Waals surface area contributed by atoms with Crippen LogP contribution in [0.1, 0.15) is 50.3 Å². The van der Waals surface area contributed by atoms with Crippen molar-refractivity contribution in [3.63, 3.8) is 0 Å². The van der Waals surface area contributed by atoms with Crippen molar-refractivity contribution in [2.45, 2.75) is 45.8 Å². The van der Waals surface area contributed by atoms with E-state index >= 15 is 0 Å². The number of aliphatic hydroxyl groups excluding tert-OH is 1. The van der Waals surface area contributed by atoms with E-state index in [1.807, 2.05) is 48.5 Å². The van der Waals surface area contributed by atoms with Crippen molar-refractivity contribution in [3.05, 3.63) is 66.8 Å². The number of hydrazine groups is 1. The summed E-state index contributed by atoms with van der Waals surface area (Å²) in [7, 11) is 3.40. The first-order valence-electron chi connectivity index (χ1n) is 8.88. The second-order valence-electron chi connectivity index (χ2n) is 6.23. The quantitative estimate of drug-likeness (QED) is 0.451. The second kappa shape index (κ2) is 12.2. The van der Waals surface area contributed by atoms with Crippen molar-refractivity contribution in [1.82, 2.24) is 5.43 Å². The smallest absolute Gasteiger partial charge is 0.238 e. The van der Waals surface area contributed by atoms with E-state index in [9.17, 15) is 9.90 Å². The summed E-state index contributed by atoms with van der Waals surface area (Å²) in [5.41, 5.74) is 5.70. The fraction of sp³-hybridized carbons (Fsp3) is 0.333. The molecule has 2 N–H and O–H groups in total. The van der Waals surface area contributed by atoms with Gasteiger partial charge in [0.15, 0.2) is 0 Å². The number of rotatable bonds is 9. The van der Waals surface area contributed by atoms with Gasteiger partial charge in [-0.1, -0.05) is 44.0 Å². The number of nitrogens with zero attached hydrogens (tertiary/aromatic N) is 1. The number of amides is 1. The van der Waals surface area contributed by atoms with Gasteiger partial charge in [-0.15, -0.1) is 0 Å². The molecule has 0 fully saturated rings. The second-order valence-corrected chi connectivity index (χ2v) is 6.23. The van der Waals surface area contributed by atoms with E-state index in [2.05, 4.69) is 19.5 Å². The molecule has 6 heteroatoms. The molecule has 1 radical (unpaired) electrons. The molecule has 2 aromatic carbocycles. The summed E-state index contributed by atoms with van der Waals surface area (Å²) < 4.78 is 4.98. The number of nitrogens with one attached hydrogen (secondary N) is 1. The molecule has 2 aromatic rings. The SMILES string of the molecule is [CH2-]Oc1cccc(CNN(C(C)=O)c2ccc(C(O)CCCC)cc2)c1.[Y]. The van der Waals surface area contributed by atoms with E-state index in [1.54, 1.807) is 0 Å². The third-order valence-electron chi connectivity index (χ3n) is 4.19. The molecule has 1 atom stereocenters. The minimum atomic E-state index is -0.465. The zero-order chi connectivity index (χ0) is 18.9. The summed E-state index contributed by atoms with van der Waals surface area (Å²) in [6.45, 7) is 4.08. The molecular formula is C21H27N2O3Y-. The first kappa shape index (κ1) is 23.8. The van der Waals surface area contributed by atoms with Gasteiger partial charge in [-0.3, -0.25) is 4.79 Å². The number of hydrogen-bond acceptors (Lipinski definition) is 4. The van der Waals surface area contributed by atoms with E-state index in [0.29, 0.717) is 12.3 Å². The minimum Gasteiger partial charge on any atom is -0.665 e. The zero-order valence-corrected chi connectivity index (χ0v) is 18.9. The number of aliphatic hydroxyl groups is 1. The summed E-state index contributed by atoms with van der Waals surface area (Å²) in [5, 5.41) is 11.7. The van der Waals surface area contributed by atoms with E-state index < -0.39 is 6.10 Å². The Labute approximate surface area is 187 Å². The maximum absolute atomic E-state index is 12.0.